The van der Waals surface area contributed by atoms with Crippen LogP contribution >= 0.6 is 11.3 Å². The second-order valence-electron chi connectivity index (χ2n) is 8.51. The summed E-state index contributed by atoms with van der Waals surface area (Å²) in [6, 6.07) is 0. The van der Waals surface area contributed by atoms with Crippen LogP contribution in [0, 0.1) is 5.41 Å². The predicted octanol–water partition coefficient (Wildman–Crippen LogP) is 4.54. The lowest BCUT2D eigenvalue weighted by molar-refractivity contribution is 0.118. The third-order valence-corrected chi connectivity index (χ3v) is 5.10. The van der Waals surface area contributed by atoms with Crippen LogP contribution < -0.4 is 5.32 Å². The number of nitrogens with one attached hydrogen (secondary N) is 1. The maximum absolute atomic E-state index is 4.88. The number of thiazole rings is 1. The van der Waals surface area contributed by atoms with Crippen LogP contribution in [0.5, 0.6) is 0 Å². The molecule has 1 saturated carbocycles. The van der Waals surface area contributed by atoms with Crippen LogP contribution in [0.3, 0.4) is 0 Å². The van der Waals surface area contributed by atoms with E-state index in [-0.39, 0.29) is 11.0 Å². The molecule has 1 aromatic rings. The first-order valence-electron chi connectivity index (χ1n) is 7.80. The molecule has 0 aromatic carbocycles. The van der Waals surface area contributed by atoms with E-state index < -0.39 is 0 Å². The van der Waals surface area contributed by atoms with Crippen LogP contribution in [-0.2, 0) is 11.8 Å². The molecule has 2 rings (SSSR count). The Hall–Kier alpha value is -0.410. The molecule has 1 heterocycles. The van der Waals surface area contributed by atoms with Crippen LogP contribution in [0.4, 0.5) is 0 Å². The quantitative estimate of drug-likeness (QED) is 0.881. The van der Waals surface area contributed by atoms with Crippen molar-refractivity contribution in [1.82, 2.24) is 10.3 Å². The Morgan fingerprint density at radius 1 is 1.20 bits per heavy atom. The van der Waals surface area contributed by atoms with Gasteiger partial charge in [0.05, 0.1) is 10.7 Å². The topological polar surface area (TPSA) is 24.9 Å². The van der Waals surface area contributed by atoms with Crippen molar-refractivity contribution in [2.75, 3.05) is 6.54 Å². The van der Waals surface area contributed by atoms with Crippen molar-refractivity contribution in [2.45, 2.75) is 78.2 Å². The Kier molecular flexibility index (Phi) is 4.32. The zero-order valence-electron chi connectivity index (χ0n) is 14.0. The van der Waals surface area contributed by atoms with E-state index in [1.807, 2.05) is 11.3 Å². The molecule has 1 aliphatic rings. The van der Waals surface area contributed by atoms with E-state index in [1.165, 1.54) is 30.0 Å². The molecule has 0 atom stereocenters. The molecule has 0 radical (unpaired) electrons. The van der Waals surface area contributed by atoms with Gasteiger partial charge in [-0.1, -0.05) is 27.2 Å². The summed E-state index contributed by atoms with van der Waals surface area (Å²) < 4.78 is 0. The molecule has 1 N–H and O–H groups in total. The SMILES string of the molecule is CC(C)(C)NCC1(Cc2nc(C(C)(C)C)cs2)CCC1. The van der Waals surface area contributed by atoms with Gasteiger partial charge in [-0.05, 0) is 39.0 Å². The smallest absolute Gasteiger partial charge is 0.0934 e. The van der Waals surface area contributed by atoms with Gasteiger partial charge in [0.1, 0.15) is 0 Å². The summed E-state index contributed by atoms with van der Waals surface area (Å²) >= 11 is 1.85. The maximum atomic E-state index is 4.88. The molecule has 114 valence electrons. The molecule has 3 heteroatoms. The lowest BCUT2D eigenvalue weighted by atomic mass is 9.66. The number of hydrogen-bond donors (Lipinski definition) is 1. The highest BCUT2D eigenvalue weighted by Crippen LogP contribution is 2.44. The first kappa shape index (κ1) is 16.0. The summed E-state index contributed by atoms with van der Waals surface area (Å²) in [7, 11) is 0. The number of nitrogens with zero attached hydrogens (tertiary/aromatic N) is 1. The van der Waals surface area contributed by atoms with E-state index in [1.54, 1.807) is 0 Å². The highest BCUT2D eigenvalue weighted by molar-refractivity contribution is 7.09. The minimum atomic E-state index is 0.172. The molecule has 2 nitrogen and oxygen atoms in total. The van der Waals surface area contributed by atoms with Gasteiger partial charge in [0, 0.05) is 29.3 Å². The maximum Gasteiger partial charge on any atom is 0.0934 e. The van der Waals surface area contributed by atoms with Crippen LogP contribution in [0.2, 0.25) is 0 Å². The summed E-state index contributed by atoms with van der Waals surface area (Å²) in [5.41, 5.74) is 2.09. The van der Waals surface area contributed by atoms with E-state index in [4.69, 9.17) is 4.98 Å². The fourth-order valence-electron chi connectivity index (χ4n) is 2.60. The van der Waals surface area contributed by atoms with Crippen molar-refractivity contribution in [3.8, 4) is 0 Å². The van der Waals surface area contributed by atoms with Gasteiger partial charge in [0.2, 0.25) is 0 Å². The lowest BCUT2D eigenvalue weighted by Crippen LogP contribution is -2.47. The van der Waals surface area contributed by atoms with Gasteiger partial charge in [0.25, 0.3) is 0 Å². The Bertz CT molecular complexity index is 444. The average molecular weight is 295 g/mol. The van der Waals surface area contributed by atoms with E-state index in [0.717, 1.165) is 13.0 Å². The molecule has 0 spiro atoms. The van der Waals surface area contributed by atoms with Crippen molar-refractivity contribution in [2.24, 2.45) is 5.41 Å². The molecular weight excluding hydrogens is 264 g/mol. The molecule has 1 aromatic heterocycles. The van der Waals surface area contributed by atoms with Crippen LogP contribution in [0.15, 0.2) is 5.38 Å². The summed E-state index contributed by atoms with van der Waals surface area (Å²) in [6.45, 7) is 14.6. The first-order valence-corrected chi connectivity index (χ1v) is 8.68. The molecule has 0 unspecified atom stereocenters. The predicted molar refractivity (Wildman–Crippen MR) is 88.6 cm³/mol. The number of rotatable bonds is 4. The molecule has 1 aliphatic carbocycles. The van der Waals surface area contributed by atoms with Gasteiger partial charge in [-0.25, -0.2) is 4.98 Å². The van der Waals surface area contributed by atoms with Gasteiger partial charge in [-0.2, -0.15) is 0 Å². The average Bonchev–Trinajstić information content (AvgIpc) is 2.68. The zero-order chi connectivity index (χ0) is 15.0. The molecule has 0 bridgehead atoms. The number of hydrogen-bond acceptors (Lipinski definition) is 3. The Labute approximate surface area is 128 Å². The minimum absolute atomic E-state index is 0.172. The minimum Gasteiger partial charge on any atom is -0.312 e. The lowest BCUT2D eigenvalue weighted by Gasteiger charge is -2.43. The third kappa shape index (κ3) is 4.05. The van der Waals surface area contributed by atoms with Crippen LogP contribution in [0.25, 0.3) is 0 Å². The van der Waals surface area contributed by atoms with Gasteiger partial charge in [-0.3, -0.25) is 0 Å². The Balaban J connectivity index is 2.01. The molecule has 0 amide bonds. The van der Waals surface area contributed by atoms with Crippen molar-refractivity contribution >= 4 is 11.3 Å². The van der Waals surface area contributed by atoms with Crippen molar-refractivity contribution < 1.29 is 0 Å². The van der Waals surface area contributed by atoms with E-state index >= 15 is 0 Å². The zero-order valence-corrected chi connectivity index (χ0v) is 14.8. The largest absolute Gasteiger partial charge is 0.312 e. The van der Waals surface area contributed by atoms with Crippen molar-refractivity contribution in [3.63, 3.8) is 0 Å². The van der Waals surface area contributed by atoms with Crippen LogP contribution in [0.1, 0.15) is 71.5 Å². The second-order valence-corrected chi connectivity index (χ2v) is 9.45. The Morgan fingerprint density at radius 2 is 1.85 bits per heavy atom. The van der Waals surface area contributed by atoms with Crippen molar-refractivity contribution in [3.05, 3.63) is 16.1 Å². The first-order chi connectivity index (χ1) is 9.10. The van der Waals surface area contributed by atoms with Gasteiger partial charge in [0.15, 0.2) is 0 Å². The molecule has 0 aliphatic heterocycles. The van der Waals surface area contributed by atoms with Crippen LogP contribution in [-0.4, -0.2) is 17.1 Å². The molecule has 1 fully saturated rings. The molecule has 0 saturated heterocycles. The van der Waals surface area contributed by atoms with Gasteiger partial charge >= 0.3 is 0 Å². The summed E-state index contributed by atoms with van der Waals surface area (Å²) in [4.78, 5) is 4.88. The van der Waals surface area contributed by atoms with E-state index in [9.17, 15) is 0 Å². The van der Waals surface area contributed by atoms with E-state index in [0.29, 0.717) is 5.41 Å². The highest BCUT2D eigenvalue weighted by Gasteiger charge is 2.38. The summed E-state index contributed by atoms with van der Waals surface area (Å²) in [5.74, 6) is 0. The fourth-order valence-corrected chi connectivity index (χ4v) is 3.80. The highest BCUT2D eigenvalue weighted by atomic mass is 32.1. The fraction of sp³-hybridized carbons (Fsp3) is 0.824. The van der Waals surface area contributed by atoms with Gasteiger partial charge < -0.3 is 5.32 Å². The molecular formula is C17H30N2S. The van der Waals surface area contributed by atoms with E-state index in [2.05, 4.69) is 52.2 Å². The van der Waals surface area contributed by atoms with Gasteiger partial charge in [-0.15, -0.1) is 11.3 Å². The standard InChI is InChI=1S/C17H30N2S/c1-15(2,3)13-11-20-14(19-13)10-17(8-7-9-17)12-18-16(4,5)6/h11,18H,7-10,12H2,1-6H3. The summed E-state index contributed by atoms with van der Waals surface area (Å²) in [5, 5.41) is 7.27. The van der Waals surface area contributed by atoms with Crippen molar-refractivity contribution in [1.29, 1.82) is 0 Å². The monoisotopic (exact) mass is 294 g/mol. The Morgan fingerprint density at radius 3 is 2.25 bits per heavy atom. The second kappa shape index (κ2) is 5.42. The normalized spacial score (nSPS) is 18.9. The third-order valence-electron chi connectivity index (χ3n) is 4.25. The molecule has 20 heavy (non-hydrogen) atoms. The summed E-state index contributed by atoms with van der Waals surface area (Å²) in [6.07, 6.45) is 5.22. The number of aromatic nitrogens is 1.